The van der Waals surface area contributed by atoms with Gasteiger partial charge in [0.1, 0.15) is 0 Å². The molecular weight excluding hydrogens is 204 g/mol. The Balaban J connectivity index is 1.95. The van der Waals surface area contributed by atoms with Gasteiger partial charge in [0.15, 0.2) is 0 Å². The van der Waals surface area contributed by atoms with E-state index in [9.17, 15) is 0 Å². The van der Waals surface area contributed by atoms with Crippen molar-refractivity contribution >= 4 is 11.8 Å². The van der Waals surface area contributed by atoms with Gasteiger partial charge in [0, 0.05) is 18.3 Å². The minimum atomic E-state index is 0.627. The molecule has 2 nitrogen and oxygen atoms in total. The van der Waals surface area contributed by atoms with E-state index >= 15 is 0 Å². The number of nitrogens with one attached hydrogen (secondary N) is 1. The third kappa shape index (κ3) is 2.74. The molecule has 1 aliphatic heterocycles. The number of thioether (sulfide) groups is 1. The summed E-state index contributed by atoms with van der Waals surface area (Å²) in [5, 5.41) is 12.4. The number of rotatable bonds is 3. The van der Waals surface area contributed by atoms with Crippen molar-refractivity contribution in [3.8, 4) is 6.07 Å². The molecule has 2 rings (SSSR count). The second-order valence-corrected chi connectivity index (χ2v) is 4.86. The number of hydrogen-bond acceptors (Lipinski definition) is 3. The number of nitrogens with zero attached hydrogens (tertiary/aromatic N) is 1. The van der Waals surface area contributed by atoms with Gasteiger partial charge in [0.25, 0.3) is 0 Å². The van der Waals surface area contributed by atoms with Crippen molar-refractivity contribution in [2.24, 2.45) is 0 Å². The molecule has 3 heteroatoms. The lowest BCUT2D eigenvalue weighted by atomic mass is 10.1. The number of benzene rings is 1. The fraction of sp³-hybridized carbons (Fsp3) is 0.417. The van der Waals surface area contributed by atoms with Gasteiger partial charge in [-0.25, -0.2) is 0 Å². The van der Waals surface area contributed by atoms with Gasteiger partial charge in [-0.1, -0.05) is 18.2 Å². The van der Waals surface area contributed by atoms with Crippen molar-refractivity contribution < 1.29 is 0 Å². The lowest BCUT2D eigenvalue weighted by Crippen LogP contribution is -2.28. The average molecular weight is 218 g/mol. The second kappa shape index (κ2) is 5.20. The SMILES string of the molecule is N#Cc1ccccc1CNC1CCSC1. The first-order chi connectivity index (χ1) is 7.40. The first kappa shape index (κ1) is 10.5. The highest BCUT2D eigenvalue weighted by molar-refractivity contribution is 7.99. The van der Waals surface area contributed by atoms with E-state index in [4.69, 9.17) is 5.26 Å². The molecule has 0 aliphatic carbocycles. The molecule has 1 saturated heterocycles. The van der Waals surface area contributed by atoms with Crippen LogP contribution in [0.2, 0.25) is 0 Å². The normalized spacial score (nSPS) is 20.1. The molecule has 1 aromatic carbocycles. The zero-order valence-electron chi connectivity index (χ0n) is 8.57. The van der Waals surface area contributed by atoms with Crippen LogP contribution >= 0.6 is 11.8 Å². The van der Waals surface area contributed by atoms with E-state index in [2.05, 4.69) is 11.4 Å². The maximum absolute atomic E-state index is 8.93. The number of hydrogen-bond donors (Lipinski definition) is 1. The molecule has 0 spiro atoms. The molecule has 0 radical (unpaired) electrons. The summed E-state index contributed by atoms with van der Waals surface area (Å²) in [6.07, 6.45) is 1.25. The molecule has 78 valence electrons. The standard InChI is InChI=1S/C12H14N2S/c13-7-10-3-1-2-4-11(10)8-14-12-5-6-15-9-12/h1-4,12,14H,5-6,8-9H2. The Hall–Kier alpha value is -0.980. The van der Waals surface area contributed by atoms with Gasteiger partial charge in [-0.2, -0.15) is 17.0 Å². The minimum absolute atomic E-state index is 0.627. The van der Waals surface area contributed by atoms with Crippen molar-refractivity contribution in [3.05, 3.63) is 35.4 Å². The maximum Gasteiger partial charge on any atom is 0.0995 e. The Bertz CT molecular complexity index is 364. The molecule has 1 heterocycles. The van der Waals surface area contributed by atoms with Crippen LogP contribution in [0.4, 0.5) is 0 Å². The zero-order chi connectivity index (χ0) is 10.5. The van der Waals surface area contributed by atoms with Gasteiger partial charge >= 0.3 is 0 Å². The molecule has 1 aliphatic rings. The molecule has 0 aromatic heterocycles. The lowest BCUT2D eigenvalue weighted by Gasteiger charge is -2.11. The smallest absolute Gasteiger partial charge is 0.0995 e. The van der Waals surface area contributed by atoms with E-state index in [1.165, 1.54) is 17.9 Å². The molecule has 1 atom stereocenters. The van der Waals surface area contributed by atoms with Crippen LogP contribution in [0.1, 0.15) is 17.5 Å². The molecule has 1 fully saturated rings. The second-order valence-electron chi connectivity index (χ2n) is 3.71. The molecule has 0 saturated carbocycles. The van der Waals surface area contributed by atoms with Crippen LogP contribution in [-0.2, 0) is 6.54 Å². The molecule has 1 unspecified atom stereocenters. The van der Waals surface area contributed by atoms with E-state index in [0.29, 0.717) is 6.04 Å². The largest absolute Gasteiger partial charge is 0.309 e. The van der Waals surface area contributed by atoms with Crippen molar-refractivity contribution in [2.75, 3.05) is 11.5 Å². The summed E-state index contributed by atoms with van der Waals surface area (Å²) in [5.41, 5.74) is 1.90. The Labute approximate surface area is 94.7 Å². The minimum Gasteiger partial charge on any atom is -0.309 e. The Morgan fingerprint density at radius 1 is 1.47 bits per heavy atom. The monoisotopic (exact) mass is 218 g/mol. The quantitative estimate of drug-likeness (QED) is 0.844. The van der Waals surface area contributed by atoms with Crippen molar-refractivity contribution in [3.63, 3.8) is 0 Å². The van der Waals surface area contributed by atoms with Crippen LogP contribution in [0.15, 0.2) is 24.3 Å². The lowest BCUT2D eigenvalue weighted by molar-refractivity contribution is 0.557. The molecule has 0 amide bonds. The van der Waals surface area contributed by atoms with Crippen molar-refractivity contribution in [1.29, 1.82) is 5.26 Å². The Morgan fingerprint density at radius 2 is 2.33 bits per heavy atom. The van der Waals surface area contributed by atoms with Crippen LogP contribution in [-0.4, -0.2) is 17.5 Å². The summed E-state index contributed by atoms with van der Waals surface area (Å²) in [7, 11) is 0. The third-order valence-corrected chi connectivity index (χ3v) is 3.81. The first-order valence-corrected chi connectivity index (χ1v) is 6.35. The summed E-state index contributed by atoms with van der Waals surface area (Å²) >= 11 is 2.00. The van der Waals surface area contributed by atoms with Gasteiger partial charge in [0.2, 0.25) is 0 Å². The van der Waals surface area contributed by atoms with Crippen LogP contribution < -0.4 is 5.32 Å². The predicted octanol–water partition coefficient (Wildman–Crippen LogP) is 2.15. The summed E-state index contributed by atoms with van der Waals surface area (Å²) in [6.45, 7) is 0.814. The van der Waals surface area contributed by atoms with Gasteiger partial charge in [0.05, 0.1) is 11.6 Å². The van der Waals surface area contributed by atoms with Gasteiger partial charge in [-0.3, -0.25) is 0 Å². The van der Waals surface area contributed by atoms with E-state index in [-0.39, 0.29) is 0 Å². The zero-order valence-corrected chi connectivity index (χ0v) is 9.39. The fourth-order valence-corrected chi connectivity index (χ4v) is 2.92. The molecule has 0 bridgehead atoms. The van der Waals surface area contributed by atoms with Gasteiger partial charge in [-0.15, -0.1) is 0 Å². The van der Waals surface area contributed by atoms with Crippen molar-refractivity contribution in [1.82, 2.24) is 5.32 Å². The highest BCUT2D eigenvalue weighted by Gasteiger charge is 2.14. The van der Waals surface area contributed by atoms with E-state index in [1.54, 1.807) is 0 Å². The highest BCUT2D eigenvalue weighted by atomic mass is 32.2. The van der Waals surface area contributed by atoms with Crippen LogP contribution in [0, 0.1) is 11.3 Å². The van der Waals surface area contributed by atoms with Crippen LogP contribution in [0.5, 0.6) is 0 Å². The van der Waals surface area contributed by atoms with Gasteiger partial charge < -0.3 is 5.32 Å². The summed E-state index contributed by atoms with van der Waals surface area (Å²) in [5.74, 6) is 2.46. The van der Waals surface area contributed by atoms with E-state index < -0.39 is 0 Å². The van der Waals surface area contributed by atoms with Gasteiger partial charge in [-0.05, 0) is 23.8 Å². The predicted molar refractivity (Wildman–Crippen MR) is 63.7 cm³/mol. The highest BCUT2D eigenvalue weighted by Crippen LogP contribution is 2.17. The summed E-state index contributed by atoms with van der Waals surface area (Å²) in [6, 6.07) is 10.6. The van der Waals surface area contributed by atoms with E-state index in [1.807, 2.05) is 36.0 Å². The average Bonchev–Trinajstić information content (AvgIpc) is 2.79. The molecule has 1 N–H and O–H groups in total. The molecular formula is C12H14N2S. The van der Waals surface area contributed by atoms with Crippen molar-refractivity contribution in [2.45, 2.75) is 19.0 Å². The Kier molecular flexibility index (Phi) is 3.65. The fourth-order valence-electron chi connectivity index (χ4n) is 1.73. The van der Waals surface area contributed by atoms with Crippen LogP contribution in [0.25, 0.3) is 0 Å². The number of nitriles is 1. The molecule has 15 heavy (non-hydrogen) atoms. The van der Waals surface area contributed by atoms with Crippen LogP contribution in [0.3, 0.4) is 0 Å². The molecule has 1 aromatic rings. The first-order valence-electron chi connectivity index (χ1n) is 5.19. The van der Waals surface area contributed by atoms with E-state index in [0.717, 1.165) is 17.7 Å². The summed E-state index contributed by atoms with van der Waals surface area (Å²) < 4.78 is 0. The topological polar surface area (TPSA) is 35.8 Å². The maximum atomic E-state index is 8.93. The Morgan fingerprint density at radius 3 is 3.07 bits per heavy atom. The summed E-state index contributed by atoms with van der Waals surface area (Å²) in [4.78, 5) is 0. The third-order valence-electron chi connectivity index (χ3n) is 2.65.